The molecule has 1 heterocycles. The molecule has 0 aromatic carbocycles. The predicted molar refractivity (Wildman–Crippen MR) is 70.2 cm³/mol. The minimum Gasteiger partial charge on any atom is -0.390 e. The minimum atomic E-state index is -0.319. The van der Waals surface area contributed by atoms with Crippen molar-refractivity contribution in [1.29, 1.82) is 0 Å². The van der Waals surface area contributed by atoms with Crippen molar-refractivity contribution in [3.8, 4) is 0 Å². The first kappa shape index (κ1) is 14.9. The molecule has 2 N–H and O–H groups in total. The standard InChI is InChI=1S/C13H28N2O2/c1-13(2,3)14-8-11(16)9-15(4)10-12-6-5-7-17-12/h11-12,14,16H,5-10H2,1-4H3. The largest absolute Gasteiger partial charge is 0.390 e. The molecule has 0 aromatic heterocycles. The van der Waals surface area contributed by atoms with E-state index in [0.29, 0.717) is 19.2 Å². The number of rotatable bonds is 6. The second-order valence-electron chi connectivity index (χ2n) is 6.14. The van der Waals surface area contributed by atoms with Crippen molar-refractivity contribution in [3.05, 3.63) is 0 Å². The number of ether oxygens (including phenoxy) is 1. The van der Waals surface area contributed by atoms with Crippen LogP contribution in [0, 0.1) is 0 Å². The van der Waals surface area contributed by atoms with Gasteiger partial charge in [0.25, 0.3) is 0 Å². The normalized spacial score (nSPS) is 23.3. The number of likely N-dealkylation sites (N-methyl/N-ethyl adjacent to an activating group) is 1. The molecule has 4 heteroatoms. The number of nitrogens with zero attached hydrogens (tertiary/aromatic N) is 1. The highest BCUT2D eigenvalue weighted by Crippen LogP contribution is 2.12. The molecule has 0 aromatic rings. The zero-order valence-electron chi connectivity index (χ0n) is 11.7. The van der Waals surface area contributed by atoms with Crippen LogP contribution >= 0.6 is 0 Å². The predicted octanol–water partition coefficient (Wildman–Crippen LogP) is 0.846. The smallest absolute Gasteiger partial charge is 0.0791 e. The molecular formula is C13H28N2O2. The molecule has 102 valence electrons. The molecule has 0 aliphatic carbocycles. The van der Waals surface area contributed by atoms with Crippen molar-refractivity contribution >= 4 is 0 Å². The van der Waals surface area contributed by atoms with Crippen LogP contribution in [0.4, 0.5) is 0 Å². The number of aliphatic hydroxyl groups excluding tert-OH is 1. The maximum absolute atomic E-state index is 9.91. The first-order valence-electron chi connectivity index (χ1n) is 6.60. The molecule has 1 rings (SSSR count). The molecule has 2 atom stereocenters. The Hall–Kier alpha value is -0.160. The zero-order chi connectivity index (χ0) is 12.9. The second kappa shape index (κ2) is 6.69. The topological polar surface area (TPSA) is 44.7 Å². The van der Waals surface area contributed by atoms with E-state index in [2.05, 4.69) is 31.0 Å². The van der Waals surface area contributed by atoms with E-state index in [1.807, 2.05) is 7.05 Å². The van der Waals surface area contributed by atoms with Gasteiger partial charge in [-0.2, -0.15) is 0 Å². The molecular weight excluding hydrogens is 216 g/mol. The van der Waals surface area contributed by atoms with Gasteiger partial charge in [-0.05, 0) is 40.7 Å². The van der Waals surface area contributed by atoms with Gasteiger partial charge in [0.05, 0.1) is 12.2 Å². The maximum atomic E-state index is 9.91. The Morgan fingerprint density at radius 1 is 1.47 bits per heavy atom. The summed E-state index contributed by atoms with van der Waals surface area (Å²) in [5, 5.41) is 13.2. The van der Waals surface area contributed by atoms with E-state index in [1.54, 1.807) is 0 Å². The Morgan fingerprint density at radius 2 is 2.18 bits per heavy atom. The Kier molecular flexibility index (Phi) is 5.86. The summed E-state index contributed by atoms with van der Waals surface area (Å²) in [6.07, 6.45) is 2.37. The van der Waals surface area contributed by atoms with Crippen molar-refractivity contribution in [2.45, 2.75) is 51.4 Å². The number of hydrogen-bond donors (Lipinski definition) is 2. The van der Waals surface area contributed by atoms with Gasteiger partial charge in [-0.1, -0.05) is 0 Å². The molecule has 4 nitrogen and oxygen atoms in total. The molecule has 0 spiro atoms. The maximum Gasteiger partial charge on any atom is 0.0791 e. The van der Waals surface area contributed by atoms with Gasteiger partial charge >= 0.3 is 0 Å². The van der Waals surface area contributed by atoms with Crippen LogP contribution in [0.15, 0.2) is 0 Å². The lowest BCUT2D eigenvalue weighted by atomic mass is 10.1. The summed E-state index contributed by atoms with van der Waals surface area (Å²) < 4.78 is 5.58. The number of β-amino-alcohol motifs (C(OH)–C–C–N with tert-alkyl or cyclic N) is 1. The molecule has 1 aliphatic heterocycles. The van der Waals surface area contributed by atoms with Crippen LogP contribution in [0.5, 0.6) is 0 Å². The van der Waals surface area contributed by atoms with E-state index in [0.717, 1.165) is 19.6 Å². The van der Waals surface area contributed by atoms with Crippen LogP contribution < -0.4 is 5.32 Å². The summed E-state index contributed by atoms with van der Waals surface area (Å²) in [5.41, 5.74) is 0.0636. The fourth-order valence-electron chi connectivity index (χ4n) is 2.06. The monoisotopic (exact) mass is 244 g/mol. The number of aliphatic hydroxyl groups is 1. The lowest BCUT2D eigenvalue weighted by Gasteiger charge is -2.26. The second-order valence-corrected chi connectivity index (χ2v) is 6.14. The summed E-state index contributed by atoms with van der Waals surface area (Å²) in [5.74, 6) is 0. The summed E-state index contributed by atoms with van der Waals surface area (Å²) in [4.78, 5) is 2.16. The fraction of sp³-hybridized carbons (Fsp3) is 1.00. The van der Waals surface area contributed by atoms with Crippen LogP contribution in [0.1, 0.15) is 33.6 Å². The van der Waals surface area contributed by atoms with E-state index < -0.39 is 0 Å². The quantitative estimate of drug-likeness (QED) is 0.727. The van der Waals surface area contributed by atoms with Crippen molar-refractivity contribution in [3.63, 3.8) is 0 Å². The van der Waals surface area contributed by atoms with E-state index in [-0.39, 0.29) is 11.6 Å². The molecule has 0 amide bonds. The molecule has 0 saturated carbocycles. The van der Waals surface area contributed by atoms with E-state index >= 15 is 0 Å². The summed E-state index contributed by atoms with van der Waals surface area (Å²) in [6.45, 7) is 9.48. The van der Waals surface area contributed by atoms with E-state index in [4.69, 9.17) is 4.74 Å². The fourth-order valence-corrected chi connectivity index (χ4v) is 2.06. The van der Waals surface area contributed by atoms with Crippen molar-refractivity contribution in [1.82, 2.24) is 10.2 Å². The lowest BCUT2D eigenvalue weighted by Crippen LogP contribution is -2.45. The van der Waals surface area contributed by atoms with Gasteiger partial charge in [0.2, 0.25) is 0 Å². The van der Waals surface area contributed by atoms with Gasteiger partial charge in [0, 0.05) is 31.8 Å². The van der Waals surface area contributed by atoms with E-state index in [1.165, 1.54) is 6.42 Å². The average Bonchev–Trinajstić information content (AvgIpc) is 2.66. The van der Waals surface area contributed by atoms with Gasteiger partial charge in [-0.15, -0.1) is 0 Å². The first-order valence-corrected chi connectivity index (χ1v) is 6.60. The van der Waals surface area contributed by atoms with Crippen LogP contribution in [-0.4, -0.2) is 61.0 Å². The molecule has 17 heavy (non-hydrogen) atoms. The Labute approximate surface area is 105 Å². The summed E-state index contributed by atoms with van der Waals surface area (Å²) >= 11 is 0. The van der Waals surface area contributed by atoms with Crippen molar-refractivity contribution in [2.24, 2.45) is 0 Å². The third-order valence-corrected chi connectivity index (χ3v) is 2.93. The molecule has 1 saturated heterocycles. The lowest BCUT2D eigenvalue weighted by molar-refractivity contribution is 0.0588. The van der Waals surface area contributed by atoms with Crippen molar-refractivity contribution in [2.75, 3.05) is 33.3 Å². The third-order valence-electron chi connectivity index (χ3n) is 2.93. The Morgan fingerprint density at radius 3 is 2.71 bits per heavy atom. The number of hydrogen-bond acceptors (Lipinski definition) is 4. The summed E-state index contributed by atoms with van der Waals surface area (Å²) in [7, 11) is 2.04. The highest BCUT2D eigenvalue weighted by Gasteiger charge is 2.19. The molecule has 0 radical (unpaired) electrons. The van der Waals surface area contributed by atoms with Gasteiger partial charge in [0.15, 0.2) is 0 Å². The minimum absolute atomic E-state index is 0.0636. The summed E-state index contributed by atoms with van der Waals surface area (Å²) in [6, 6.07) is 0. The Balaban J connectivity index is 2.14. The molecule has 1 aliphatic rings. The molecule has 1 fully saturated rings. The SMILES string of the molecule is CN(CC(O)CNC(C)(C)C)CC1CCCO1. The zero-order valence-corrected chi connectivity index (χ0v) is 11.7. The Bertz CT molecular complexity index is 210. The highest BCUT2D eigenvalue weighted by molar-refractivity contribution is 4.75. The molecule has 0 bridgehead atoms. The van der Waals surface area contributed by atoms with Gasteiger partial charge in [-0.25, -0.2) is 0 Å². The third kappa shape index (κ3) is 6.99. The van der Waals surface area contributed by atoms with Crippen molar-refractivity contribution < 1.29 is 9.84 Å². The van der Waals surface area contributed by atoms with Crippen LogP contribution in [0.2, 0.25) is 0 Å². The van der Waals surface area contributed by atoms with Crippen LogP contribution in [-0.2, 0) is 4.74 Å². The van der Waals surface area contributed by atoms with E-state index in [9.17, 15) is 5.11 Å². The average molecular weight is 244 g/mol. The molecule has 2 unspecified atom stereocenters. The van der Waals surface area contributed by atoms with Gasteiger partial charge < -0.3 is 20.1 Å². The highest BCUT2D eigenvalue weighted by atomic mass is 16.5. The van der Waals surface area contributed by atoms with Gasteiger partial charge in [-0.3, -0.25) is 0 Å². The van der Waals surface area contributed by atoms with Crippen LogP contribution in [0.25, 0.3) is 0 Å². The van der Waals surface area contributed by atoms with Gasteiger partial charge in [0.1, 0.15) is 0 Å². The van der Waals surface area contributed by atoms with Crippen LogP contribution in [0.3, 0.4) is 0 Å². The number of nitrogens with one attached hydrogen (secondary N) is 1. The first-order chi connectivity index (χ1) is 7.87.